The van der Waals surface area contributed by atoms with Crippen molar-refractivity contribution < 1.29 is 0 Å². The van der Waals surface area contributed by atoms with Gasteiger partial charge in [0.05, 0.1) is 11.0 Å². The second-order valence-corrected chi connectivity index (χ2v) is 14.5. The Hall–Kier alpha value is -7.42. The highest BCUT2D eigenvalue weighted by Crippen LogP contribution is 2.47. The molecule has 0 fully saturated rings. The van der Waals surface area contributed by atoms with Gasteiger partial charge in [-0.05, 0) is 109 Å². The molecule has 56 heavy (non-hydrogen) atoms. The average molecular weight is 713 g/mol. The van der Waals surface area contributed by atoms with Crippen LogP contribution < -0.4 is 4.90 Å². The Morgan fingerprint density at radius 3 is 1.50 bits per heavy atom. The van der Waals surface area contributed by atoms with Crippen molar-refractivity contribution in [3.63, 3.8) is 0 Å². The third kappa shape index (κ3) is 5.19. The third-order valence-corrected chi connectivity index (χ3v) is 11.3. The minimum absolute atomic E-state index is 1.09. The predicted molar refractivity (Wildman–Crippen MR) is 239 cm³/mol. The zero-order chi connectivity index (χ0) is 37.0. The van der Waals surface area contributed by atoms with Crippen molar-refractivity contribution in [2.45, 2.75) is 0 Å². The van der Waals surface area contributed by atoms with Crippen LogP contribution in [0.15, 0.2) is 218 Å². The first kappa shape index (κ1) is 32.0. The average Bonchev–Trinajstić information content (AvgIpc) is 3.60. The van der Waals surface area contributed by atoms with Crippen LogP contribution in [0.4, 0.5) is 17.1 Å². The molecule has 11 rings (SSSR count). The van der Waals surface area contributed by atoms with Crippen LogP contribution in [0.3, 0.4) is 0 Å². The van der Waals surface area contributed by atoms with Crippen LogP contribution in [-0.4, -0.2) is 4.57 Å². The van der Waals surface area contributed by atoms with E-state index in [0.29, 0.717) is 0 Å². The van der Waals surface area contributed by atoms with Gasteiger partial charge in [-0.3, -0.25) is 0 Å². The molecule has 0 aliphatic heterocycles. The zero-order valence-electron chi connectivity index (χ0n) is 30.7. The van der Waals surface area contributed by atoms with E-state index in [4.69, 9.17) is 0 Å². The van der Waals surface area contributed by atoms with Gasteiger partial charge in [0.25, 0.3) is 0 Å². The quantitative estimate of drug-likeness (QED) is 0.156. The number of anilines is 3. The first-order valence-electron chi connectivity index (χ1n) is 19.3. The van der Waals surface area contributed by atoms with Crippen molar-refractivity contribution in [3.8, 4) is 27.9 Å². The summed E-state index contributed by atoms with van der Waals surface area (Å²) < 4.78 is 2.40. The molecule has 0 bridgehead atoms. The molecular weight excluding hydrogens is 677 g/mol. The van der Waals surface area contributed by atoms with Crippen LogP contribution in [0, 0.1) is 0 Å². The Balaban J connectivity index is 1.23. The maximum atomic E-state index is 2.43. The summed E-state index contributed by atoms with van der Waals surface area (Å²) in [5.41, 5.74) is 11.7. The van der Waals surface area contributed by atoms with Crippen LogP contribution in [0.25, 0.3) is 82.1 Å². The van der Waals surface area contributed by atoms with Crippen LogP contribution in [0.1, 0.15) is 0 Å². The fourth-order valence-corrected chi connectivity index (χ4v) is 8.84. The molecule has 0 saturated heterocycles. The molecule has 2 heteroatoms. The topological polar surface area (TPSA) is 8.17 Å². The molecule has 0 amide bonds. The number of rotatable bonds is 6. The molecule has 1 heterocycles. The molecule has 0 unspecified atom stereocenters. The van der Waals surface area contributed by atoms with Gasteiger partial charge in [0, 0.05) is 33.5 Å². The summed E-state index contributed by atoms with van der Waals surface area (Å²) in [5, 5.41) is 9.86. The van der Waals surface area contributed by atoms with E-state index >= 15 is 0 Å². The standard InChI is InChI=1S/C54H36N2/c1-4-17-38(18-5-1)53-49-26-13-12-24-45(49)46-32-30-43(35-50(46)54(53)39-19-6-2-7-20-39)55(42-29-28-37-16-10-11-21-40(37)34-42)44-31-33-48-47-25-14-15-27-51(47)56(52(48)36-44)41-22-8-3-9-23-41/h1-36H. The van der Waals surface area contributed by atoms with Crippen LogP contribution in [0.5, 0.6) is 0 Å². The van der Waals surface area contributed by atoms with Gasteiger partial charge in [0.15, 0.2) is 0 Å². The molecule has 2 nitrogen and oxygen atoms in total. The van der Waals surface area contributed by atoms with Crippen LogP contribution in [0.2, 0.25) is 0 Å². The second kappa shape index (κ2) is 13.2. The number of fused-ring (bicyclic) bond motifs is 7. The first-order valence-corrected chi connectivity index (χ1v) is 19.3. The first-order chi connectivity index (χ1) is 27.8. The Morgan fingerprint density at radius 1 is 0.286 bits per heavy atom. The molecule has 0 aliphatic carbocycles. The highest BCUT2D eigenvalue weighted by molar-refractivity contribution is 6.22. The molecule has 0 radical (unpaired) electrons. The van der Waals surface area contributed by atoms with Crippen molar-refractivity contribution in [2.24, 2.45) is 0 Å². The maximum Gasteiger partial charge on any atom is 0.0561 e. The molecule has 0 atom stereocenters. The van der Waals surface area contributed by atoms with Gasteiger partial charge in [0.1, 0.15) is 0 Å². The van der Waals surface area contributed by atoms with Crippen molar-refractivity contribution in [2.75, 3.05) is 4.90 Å². The van der Waals surface area contributed by atoms with Crippen molar-refractivity contribution >= 4 is 71.2 Å². The molecule has 262 valence electrons. The van der Waals surface area contributed by atoms with Crippen molar-refractivity contribution in [1.29, 1.82) is 0 Å². The summed E-state index contributed by atoms with van der Waals surface area (Å²) in [6.07, 6.45) is 0. The van der Waals surface area contributed by atoms with E-state index in [-0.39, 0.29) is 0 Å². The van der Waals surface area contributed by atoms with Gasteiger partial charge in [-0.2, -0.15) is 0 Å². The SMILES string of the molecule is c1ccc(-c2c(-c3ccccc3)c3cc(N(c4ccc5ccccc5c4)c4ccc5c6ccccc6n(-c6ccccc6)c5c4)ccc3c3ccccc23)cc1. The number of aromatic nitrogens is 1. The highest BCUT2D eigenvalue weighted by Gasteiger charge is 2.22. The van der Waals surface area contributed by atoms with Crippen LogP contribution in [-0.2, 0) is 0 Å². The predicted octanol–water partition coefficient (Wildman–Crippen LogP) is 15.0. The number of nitrogens with zero attached hydrogens (tertiary/aromatic N) is 2. The largest absolute Gasteiger partial charge is 0.310 e. The minimum Gasteiger partial charge on any atom is -0.310 e. The Labute approximate surface area is 325 Å². The summed E-state index contributed by atoms with van der Waals surface area (Å²) in [7, 11) is 0. The lowest BCUT2D eigenvalue weighted by atomic mass is 9.85. The molecule has 0 aliphatic rings. The second-order valence-electron chi connectivity index (χ2n) is 14.5. The lowest BCUT2D eigenvalue weighted by Gasteiger charge is -2.27. The van der Waals surface area contributed by atoms with E-state index in [0.717, 1.165) is 22.7 Å². The number of para-hydroxylation sites is 2. The summed E-state index contributed by atoms with van der Waals surface area (Å²) in [6.45, 7) is 0. The van der Waals surface area contributed by atoms with Gasteiger partial charge < -0.3 is 9.47 Å². The summed E-state index contributed by atoms with van der Waals surface area (Å²) >= 11 is 0. The van der Waals surface area contributed by atoms with Gasteiger partial charge in [-0.25, -0.2) is 0 Å². The number of benzene rings is 10. The van der Waals surface area contributed by atoms with Gasteiger partial charge in [-0.15, -0.1) is 0 Å². The van der Waals surface area contributed by atoms with E-state index in [1.807, 2.05) is 0 Å². The third-order valence-electron chi connectivity index (χ3n) is 11.3. The molecule has 0 N–H and O–H groups in total. The smallest absolute Gasteiger partial charge is 0.0561 e. The van der Waals surface area contributed by atoms with Gasteiger partial charge in [-0.1, -0.05) is 164 Å². The Bertz CT molecular complexity index is 3240. The van der Waals surface area contributed by atoms with Crippen molar-refractivity contribution in [3.05, 3.63) is 218 Å². The number of hydrogen-bond donors (Lipinski definition) is 0. The van der Waals surface area contributed by atoms with Gasteiger partial charge >= 0.3 is 0 Å². The van der Waals surface area contributed by atoms with E-state index in [1.165, 1.54) is 76.4 Å². The minimum atomic E-state index is 1.09. The summed E-state index contributed by atoms with van der Waals surface area (Å²) in [4.78, 5) is 2.43. The normalized spacial score (nSPS) is 11.6. The van der Waals surface area contributed by atoms with E-state index in [1.54, 1.807) is 0 Å². The van der Waals surface area contributed by atoms with Gasteiger partial charge in [0.2, 0.25) is 0 Å². The molecule has 1 aromatic heterocycles. The molecule has 11 aromatic rings. The maximum absolute atomic E-state index is 2.43. The van der Waals surface area contributed by atoms with Crippen LogP contribution >= 0.6 is 0 Å². The van der Waals surface area contributed by atoms with E-state index in [9.17, 15) is 0 Å². The summed E-state index contributed by atoms with van der Waals surface area (Å²) in [6, 6.07) is 79.6. The molecule has 10 aromatic carbocycles. The lowest BCUT2D eigenvalue weighted by Crippen LogP contribution is -2.10. The van der Waals surface area contributed by atoms with Crippen molar-refractivity contribution in [1.82, 2.24) is 4.57 Å². The van der Waals surface area contributed by atoms with E-state index < -0.39 is 0 Å². The molecular formula is C54H36N2. The molecule has 0 saturated carbocycles. The summed E-state index contributed by atoms with van der Waals surface area (Å²) in [5.74, 6) is 0. The Morgan fingerprint density at radius 2 is 0.768 bits per heavy atom. The fourth-order valence-electron chi connectivity index (χ4n) is 8.84. The van der Waals surface area contributed by atoms with E-state index in [2.05, 4.69) is 228 Å². The highest BCUT2D eigenvalue weighted by atomic mass is 15.1. The fraction of sp³-hybridized carbons (Fsp3) is 0. The Kier molecular flexibility index (Phi) is 7.53. The molecule has 0 spiro atoms. The zero-order valence-corrected chi connectivity index (χ0v) is 30.7. The number of hydrogen-bond acceptors (Lipinski definition) is 1. The lowest BCUT2D eigenvalue weighted by molar-refractivity contribution is 1.18. The monoisotopic (exact) mass is 712 g/mol.